The Kier molecular flexibility index (Phi) is 6.09. The van der Waals surface area contributed by atoms with Crippen LogP contribution in [0.4, 0.5) is 30.6 Å². The monoisotopic (exact) mass is 442 g/mol. The lowest BCUT2D eigenvalue weighted by atomic mass is 10.1. The average molecular weight is 442 g/mol. The molecule has 1 atom stereocenters. The van der Waals surface area contributed by atoms with Gasteiger partial charge in [-0.1, -0.05) is 13.8 Å². The zero-order valence-electron chi connectivity index (χ0n) is 18.6. The third kappa shape index (κ3) is 4.41. The van der Waals surface area contributed by atoms with Crippen LogP contribution in [0.1, 0.15) is 58.2 Å². The van der Waals surface area contributed by atoms with Gasteiger partial charge in [-0.25, -0.2) is 9.67 Å². The number of alkyl halides is 3. The van der Waals surface area contributed by atoms with Crippen molar-refractivity contribution in [3.05, 3.63) is 17.5 Å². The molecule has 8 nitrogen and oxygen atoms in total. The highest BCUT2D eigenvalue weighted by Crippen LogP contribution is 2.42. The summed E-state index contributed by atoms with van der Waals surface area (Å²) in [5.41, 5.74) is -0.437. The fourth-order valence-electron chi connectivity index (χ4n) is 3.31. The average Bonchev–Trinajstić information content (AvgIpc) is 3.06. The highest BCUT2D eigenvalue weighted by atomic mass is 19.4. The van der Waals surface area contributed by atoms with Crippen LogP contribution >= 0.6 is 0 Å². The molecule has 2 bridgehead atoms. The number of anilines is 3. The number of aliphatic hydroxyl groups excluding tert-OH is 1. The van der Waals surface area contributed by atoms with Gasteiger partial charge in [-0.3, -0.25) is 0 Å². The molecule has 11 heteroatoms. The van der Waals surface area contributed by atoms with Gasteiger partial charge < -0.3 is 20.1 Å². The van der Waals surface area contributed by atoms with Gasteiger partial charge in [-0.2, -0.15) is 23.3 Å². The van der Waals surface area contributed by atoms with Gasteiger partial charge in [0.2, 0.25) is 11.8 Å². The SMILES string of the molecule is CC(C)c1nn(C(C)(C)CO)c2c1N(C)c1ncc(C(F)(F)F)c(n1)N[C@H](C)CCO2. The summed E-state index contributed by atoms with van der Waals surface area (Å²) in [6.45, 7) is 9.41. The van der Waals surface area contributed by atoms with Crippen LogP contribution in [-0.2, 0) is 11.7 Å². The van der Waals surface area contributed by atoms with Crippen molar-refractivity contribution in [2.75, 3.05) is 30.5 Å². The van der Waals surface area contributed by atoms with Gasteiger partial charge >= 0.3 is 6.18 Å². The van der Waals surface area contributed by atoms with Crippen LogP contribution in [0.2, 0.25) is 0 Å². The lowest BCUT2D eigenvalue weighted by Gasteiger charge is -2.26. The molecule has 1 aliphatic heterocycles. The minimum Gasteiger partial charge on any atom is -0.476 e. The zero-order valence-corrected chi connectivity index (χ0v) is 18.6. The van der Waals surface area contributed by atoms with Crippen molar-refractivity contribution in [3.8, 4) is 5.88 Å². The molecule has 0 saturated carbocycles. The van der Waals surface area contributed by atoms with Gasteiger partial charge in [0.15, 0.2) is 0 Å². The van der Waals surface area contributed by atoms with Gasteiger partial charge in [0.25, 0.3) is 0 Å². The van der Waals surface area contributed by atoms with Crippen molar-refractivity contribution in [1.82, 2.24) is 19.7 Å². The number of hydrogen-bond donors (Lipinski definition) is 2. The molecule has 0 aromatic carbocycles. The summed E-state index contributed by atoms with van der Waals surface area (Å²) in [6.07, 6.45) is -3.36. The molecule has 3 rings (SSSR count). The maximum Gasteiger partial charge on any atom is 0.421 e. The number of aliphatic hydroxyl groups is 1. The predicted molar refractivity (Wildman–Crippen MR) is 111 cm³/mol. The third-order valence-corrected chi connectivity index (χ3v) is 5.24. The first kappa shape index (κ1) is 23.1. The molecule has 1 aliphatic rings. The third-order valence-electron chi connectivity index (χ3n) is 5.24. The predicted octanol–water partition coefficient (Wildman–Crippen LogP) is 3.89. The highest BCUT2D eigenvalue weighted by molar-refractivity contribution is 5.68. The number of aromatic nitrogens is 4. The molecule has 0 radical (unpaired) electrons. The summed E-state index contributed by atoms with van der Waals surface area (Å²) in [7, 11) is 1.67. The van der Waals surface area contributed by atoms with Gasteiger partial charge in [-0.05, 0) is 26.7 Å². The van der Waals surface area contributed by atoms with E-state index in [0.29, 0.717) is 23.7 Å². The lowest BCUT2D eigenvalue weighted by Crippen LogP contribution is -2.32. The molecule has 172 valence electrons. The molecule has 0 amide bonds. The van der Waals surface area contributed by atoms with E-state index in [0.717, 1.165) is 6.20 Å². The van der Waals surface area contributed by atoms with E-state index in [-0.39, 0.29) is 36.9 Å². The van der Waals surface area contributed by atoms with E-state index in [2.05, 4.69) is 15.3 Å². The lowest BCUT2D eigenvalue weighted by molar-refractivity contribution is -0.137. The second-order valence-corrected chi connectivity index (χ2v) is 8.75. The minimum atomic E-state index is -4.58. The molecule has 31 heavy (non-hydrogen) atoms. The van der Waals surface area contributed by atoms with Gasteiger partial charge in [-0.15, -0.1) is 0 Å². The van der Waals surface area contributed by atoms with Crippen molar-refractivity contribution in [2.45, 2.75) is 64.7 Å². The van der Waals surface area contributed by atoms with Crippen molar-refractivity contribution >= 4 is 17.5 Å². The molecule has 2 N–H and O–H groups in total. The smallest absolute Gasteiger partial charge is 0.421 e. The van der Waals surface area contributed by atoms with Crippen molar-refractivity contribution in [2.24, 2.45) is 0 Å². The van der Waals surface area contributed by atoms with Crippen LogP contribution in [0.25, 0.3) is 0 Å². The quantitative estimate of drug-likeness (QED) is 0.746. The van der Waals surface area contributed by atoms with Crippen LogP contribution in [-0.4, -0.2) is 51.2 Å². The summed E-state index contributed by atoms with van der Waals surface area (Å²) in [5, 5.41) is 17.5. The molecule has 0 aliphatic carbocycles. The molecular formula is C20H29F3N6O2. The summed E-state index contributed by atoms with van der Waals surface area (Å²) in [6, 6.07) is -0.331. The first-order chi connectivity index (χ1) is 14.4. The summed E-state index contributed by atoms with van der Waals surface area (Å²) in [5.74, 6) is 0.211. The Labute approximate surface area is 179 Å². The Morgan fingerprint density at radius 2 is 2.00 bits per heavy atom. The summed E-state index contributed by atoms with van der Waals surface area (Å²) < 4.78 is 48.2. The van der Waals surface area contributed by atoms with E-state index in [9.17, 15) is 18.3 Å². The first-order valence-corrected chi connectivity index (χ1v) is 10.2. The maximum atomic E-state index is 13.5. The topological polar surface area (TPSA) is 88.3 Å². The molecule has 2 aromatic heterocycles. The minimum absolute atomic E-state index is 0.0216. The van der Waals surface area contributed by atoms with E-state index in [1.165, 1.54) is 0 Å². The van der Waals surface area contributed by atoms with Crippen LogP contribution in [0.5, 0.6) is 5.88 Å². The molecule has 2 aromatic rings. The van der Waals surface area contributed by atoms with Crippen molar-refractivity contribution < 1.29 is 23.0 Å². The van der Waals surface area contributed by atoms with Gasteiger partial charge in [0, 0.05) is 25.7 Å². The fourth-order valence-corrected chi connectivity index (χ4v) is 3.31. The van der Waals surface area contributed by atoms with E-state index >= 15 is 0 Å². The van der Waals surface area contributed by atoms with Gasteiger partial charge in [0.1, 0.15) is 17.1 Å². The van der Waals surface area contributed by atoms with Crippen LogP contribution in [0, 0.1) is 0 Å². The highest BCUT2D eigenvalue weighted by Gasteiger charge is 2.37. The Hall–Kier alpha value is -2.56. The van der Waals surface area contributed by atoms with E-state index < -0.39 is 17.3 Å². The Balaban J connectivity index is 2.25. The van der Waals surface area contributed by atoms with Crippen LogP contribution in [0.3, 0.4) is 0 Å². The Morgan fingerprint density at radius 3 is 2.58 bits per heavy atom. The van der Waals surface area contributed by atoms with Crippen LogP contribution < -0.4 is 15.0 Å². The summed E-state index contributed by atoms with van der Waals surface area (Å²) in [4.78, 5) is 9.78. The van der Waals surface area contributed by atoms with Crippen molar-refractivity contribution in [3.63, 3.8) is 0 Å². The first-order valence-electron chi connectivity index (χ1n) is 10.2. The molecule has 0 saturated heterocycles. The Morgan fingerprint density at radius 1 is 1.32 bits per heavy atom. The fraction of sp³-hybridized carbons (Fsp3) is 0.650. The van der Waals surface area contributed by atoms with Crippen LogP contribution in [0.15, 0.2) is 6.20 Å². The molecule has 0 fully saturated rings. The standard InChI is InChI=1S/C20H29F3N6O2/c1-11(2)14-15-17(29(27-14)19(4,5)10-30)31-8-7-12(3)25-16-13(20(21,22)23)9-24-18(26-16)28(15)6/h9,11-12,30H,7-8,10H2,1-6H3,(H,24,25,26)/t12-/m1/s1. The normalized spacial score (nSPS) is 17.6. The number of rotatable bonds is 3. The van der Waals surface area contributed by atoms with Crippen molar-refractivity contribution in [1.29, 1.82) is 0 Å². The number of hydrogen-bond acceptors (Lipinski definition) is 7. The van der Waals surface area contributed by atoms with E-state index in [4.69, 9.17) is 9.84 Å². The maximum absolute atomic E-state index is 13.5. The molecule has 0 spiro atoms. The molecule has 0 unspecified atom stereocenters. The second kappa shape index (κ2) is 8.18. The number of fused-ring (bicyclic) bond motifs is 3. The number of nitrogens with zero attached hydrogens (tertiary/aromatic N) is 5. The number of halogens is 3. The van der Waals surface area contributed by atoms with E-state index in [1.54, 1.807) is 23.6 Å². The number of nitrogens with one attached hydrogen (secondary N) is 1. The Bertz CT molecular complexity index is 942. The molecular weight excluding hydrogens is 413 g/mol. The largest absolute Gasteiger partial charge is 0.476 e. The molecule has 3 heterocycles. The zero-order chi connectivity index (χ0) is 23.1. The van der Waals surface area contributed by atoms with E-state index in [1.807, 2.05) is 27.7 Å². The van der Waals surface area contributed by atoms with Gasteiger partial charge in [0.05, 0.1) is 24.4 Å². The summed E-state index contributed by atoms with van der Waals surface area (Å²) >= 11 is 0. The number of ether oxygens (including phenoxy) is 1. The second-order valence-electron chi connectivity index (χ2n) is 8.75.